The fourth-order valence-corrected chi connectivity index (χ4v) is 2.92. The van der Waals surface area contributed by atoms with Gasteiger partial charge in [0.25, 0.3) is 5.69 Å². The van der Waals surface area contributed by atoms with Crippen molar-refractivity contribution >= 4 is 17.6 Å². The minimum absolute atomic E-state index is 0.0837. The molecule has 1 aliphatic rings. The highest BCUT2D eigenvalue weighted by Gasteiger charge is 2.32. The fraction of sp³-hybridized carbons (Fsp3) is 0.381. The zero-order valence-electron chi connectivity index (χ0n) is 17.1. The van der Waals surface area contributed by atoms with Crippen LogP contribution in [0.1, 0.15) is 32.8 Å². The summed E-state index contributed by atoms with van der Waals surface area (Å²) in [5, 5.41) is 17.3. The molecular weight excluding hydrogens is 388 g/mol. The Balaban J connectivity index is 1.63. The highest BCUT2D eigenvalue weighted by atomic mass is 16.7. The molecule has 3 rings (SSSR count). The van der Waals surface area contributed by atoms with Crippen molar-refractivity contribution in [2.45, 2.75) is 33.3 Å². The van der Waals surface area contributed by atoms with Crippen LogP contribution >= 0.6 is 0 Å². The highest BCUT2D eigenvalue weighted by Crippen LogP contribution is 2.26. The van der Waals surface area contributed by atoms with Gasteiger partial charge in [0.2, 0.25) is 0 Å². The van der Waals surface area contributed by atoms with Crippen molar-refractivity contribution in [2.75, 3.05) is 13.1 Å². The van der Waals surface area contributed by atoms with Gasteiger partial charge >= 0.3 is 6.16 Å². The molecule has 0 N–H and O–H groups in total. The van der Waals surface area contributed by atoms with Crippen LogP contribution in [0.4, 0.5) is 10.5 Å². The van der Waals surface area contributed by atoms with Crippen LogP contribution in [-0.2, 0) is 4.74 Å². The first kappa shape index (κ1) is 21.2. The van der Waals surface area contributed by atoms with Crippen molar-refractivity contribution in [2.24, 2.45) is 10.5 Å². The van der Waals surface area contributed by atoms with Crippen molar-refractivity contribution < 1.29 is 19.2 Å². The van der Waals surface area contributed by atoms with E-state index in [0.717, 1.165) is 24.2 Å². The molecule has 2 aromatic rings. The minimum atomic E-state index is -0.862. The molecule has 1 aliphatic heterocycles. The topological polar surface area (TPSA) is 107 Å². The summed E-state index contributed by atoms with van der Waals surface area (Å²) in [6.45, 7) is 7.05. The third kappa shape index (κ3) is 5.53. The van der Waals surface area contributed by atoms with Gasteiger partial charge in [-0.05, 0) is 18.2 Å². The number of non-ortho nitro benzene ring substituents is 1. The predicted octanol–water partition coefficient (Wildman–Crippen LogP) is 4.03. The molecule has 0 radical (unpaired) electrons. The Morgan fingerprint density at radius 3 is 2.60 bits per heavy atom. The van der Waals surface area contributed by atoms with Gasteiger partial charge in [0.15, 0.2) is 0 Å². The van der Waals surface area contributed by atoms with E-state index in [9.17, 15) is 14.9 Å². The molecule has 0 fully saturated rings. The van der Waals surface area contributed by atoms with Crippen LogP contribution in [0.2, 0.25) is 0 Å². The first-order valence-corrected chi connectivity index (χ1v) is 9.58. The SMILES string of the molecule is CC(C)(C)[C@@H](CN1CCC(c2cccnc2)=N1)OC(=O)Oc1ccc([N+](=O)[O-])cc1. The van der Waals surface area contributed by atoms with Gasteiger partial charge in [-0.25, -0.2) is 4.79 Å². The fourth-order valence-electron chi connectivity index (χ4n) is 2.92. The van der Waals surface area contributed by atoms with E-state index in [1.165, 1.54) is 24.3 Å². The molecule has 0 amide bonds. The van der Waals surface area contributed by atoms with E-state index in [4.69, 9.17) is 9.47 Å². The molecule has 0 aliphatic carbocycles. The molecule has 0 saturated carbocycles. The lowest BCUT2D eigenvalue weighted by atomic mass is 9.89. The number of rotatable bonds is 6. The first-order valence-electron chi connectivity index (χ1n) is 9.58. The molecular formula is C21H24N4O5. The first-order chi connectivity index (χ1) is 14.2. The van der Waals surface area contributed by atoms with Crippen LogP contribution in [0.25, 0.3) is 0 Å². The third-order valence-corrected chi connectivity index (χ3v) is 4.69. The van der Waals surface area contributed by atoms with Crippen molar-refractivity contribution in [3.63, 3.8) is 0 Å². The second kappa shape index (κ2) is 8.89. The lowest BCUT2D eigenvalue weighted by Gasteiger charge is -2.32. The average Bonchev–Trinajstić information content (AvgIpc) is 3.16. The molecule has 1 aromatic carbocycles. The summed E-state index contributed by atoms with van der Waals surface area (Å²) < 4.78 is 10.8. The van der Waals surface area contributed by atoms with Crippen LogP contribution < -0.4 is 4.74 Å². The van der Waals surface area contributed by atoms with Gasteiger partial charge in [0.05, 0.1) is 17.2 Å². The number of pyridine rings is 1. The third-order valence-electron chi connectivity index (χ3n) is 4.69. The summed E-state index contributed by atoms with van der Waals surface area (Å²) in [5.41, 5.74) is 1.50. The van der Waals surface area contributed by atoms with E-state index < -0.39 is 17.2 Å². The van der Waals surface area contributed by atoms with E-state index in [2.05, 4.69) is 10.1 Å². The number of hydrazone groups is 1. The number of nitrogens with zero attached hydrogens (tertiary/aromatic N) is 4. The number of carbonyl (C=O) groups is 1. The van der Waals surface area contributed by atoms with Gasteiger partial charge < -0.3 is 9.47 Å². The Hall–Kier alpha value is -3.49. The Morgan fingerprint density at radius 2 is 2.00 bits per heavy atom. The van der Waals surface area contributed by atoms with Crippen LogP contribution in [0.15, 0.2) is 53.9 Å². The van der Waals surface area contributed by atoms with Gasteiger partial charge in [0, 0.05) is 48.5 Å². The maximum atomic E-state index is 12.3. The molecule has 0 saturated heterocycles. The number of aromatic nitrogens is 1. The van der Waals surface area contributed by atoms with Gasteiger partial charge in [0.1, 0.15) is 11.9 Å². The van der Waals surface area contributed by atoms with E-state index in [0.29, 0.717) is 6.54 Å². The summed E-state index contributed by atoms with van der Waals surface area (Å²) in [7, 11) is 0. The molecule has 0 bridgehead atoms. The molecule has 1 atom stereocenters. The van der Waals surface area contributed by atoms with Crippen molar-refractivity contribution in [3.8, 4) is 5.75 Å². The van der Waals surface area contributed by atoms with E-state index in [1.54, 1.807) is 12.4 Å². The van der Waals surface area contributed by atoms with E-state index in [1.807, 2.05) is 37.9 Å². The predicted molar refractivity (Wildman–Crippen MR) is 110 cm³/mol. The summed E-state index contributed by atoms with van der Waals surface area (Å²) in [5.74, 6) is 0.177. The molecule has 158 valence electrons. The molecule has 1 aromatic heterocycles. The molecule has 9 nitrogen and oxygen atoms in total. The number of benzene rings is 1. The zero-order valence-corrected chi connectivity index (χ0v) is 17.1. The number of hydrogen-bond donors (Lipinski definition) is 0. The van der Waals surface area contributed by atoms with Crippen LogP contribution in [0, 0.1) is 15.5 Å². The molecule has 0 spiro atoms. The Kier molecular flexibility index (Phi) is 6.29. The zero-order chi connectivity index (χ0) is 21.7. The number of ether oxygens (including phenoxy) is 2. The Bertz CT molecular complexity index is 923. The Morgan fingerprint density at radius 1 is 1.27 bits per heavy atom. The molecule has 0 unspecified atom stereocenters. The average molecular weight is 412 g/mol. The quantitative estimate of drug-likeness (QED) is 0.305. The number of carbonyl (C=O) groups excluding carboxylic acids is 1. The summed E-state index contributed by atoms with van der Waals surface area (Å²) in [4.78, 5) is 26.6. The monoisotopic (exact) mass is 412 g/mol. The second-order valence-electron chi connectivity index (χ2n) is 8.03. The second-order valence-corrected chi connectivity index (χ2v) is 8.03. The van der Waals surface area contributed by atoms with Crippen LogP contribution in [-0.4, -0.2) is 46.0 Å². The molecule has 2 heterocycles. The summed E-state index contributed by atoms with van der Waals surface area (Å²) in [6.07, 6.45) is 2.95. The minimum Gasteiger partial charge on any atom is -0.428 e. The largest absolute Gasteiger partial charge is 0.514 e. The summed E-state index contributed by atoms with van der Waals surface area (Å²) in [6, 6.07) is 9.09. The molecule has 9 heteroatoms. The normalized spacial score (nSPS) is 14.8. The standard InChI is InChI=1S/C21H24N4O5/c1-21(2,3)19(14-24-12-10-18(23-24)15-5-4-11-22-13-15)30-20(26)29-17-8-6-16(7-9-17)25(27)28/h4-9,11,13,19H,10,12,14H2,1-3H3/t19-/m1/s1. The lowest BCUT2D eigenvalue weighted by Crippen LogP contribution is -2.40. The van der Waals surface area contributed by atoms with Gasteiger partial charge in [-0.1, -0.05) is 26.8 Å². The number of nitro benzene ring substituents is 1. The smallest absolute Gasteiger partial charge is 0.428 e. The Labute approximate surface area is 174 Å². The maximum Gasteiger partial charge on any atom is 0.514 e. The van der Waals surface area contributed by atoms with Crippen molar-refractivity contribution in [1.29, 1.82) is 0 Å². The number of nitro groups is 1. The summed E-state index contributed by atoms with van der Waals surface area (Å²) >= 11 is 0. The van der Waals surface area contributed by atoms with Crippen molar-refractivity contribution in [1.82, 2.24) is 9.99 Å². The van der Waals surface area contributed by atoms with Crippen LogP contribution in [0.3, 0.4) is 0 Å². The van der Waals surface area contributed by atoms with E-state index >= 15 is 0 Å². The van der Waals surface area contributed by atoms with Crippen LogP contribution in [0.5, 0.6) is 5.75 Å². The van der Waals surface area contributed by atoms with Gasteiger partial charge in [-0.2, -0.15) is 5.10 Å². The van der Waals surface area contributed by atoms with Gasteiger partial charge in [-0.3, -0.25) is 20.1 Å². The maximum absolute atomic E-state index is 12.3. The highest BCUT2D eigenvalue weighted by molar-refractivity contribution is 6.01. The van der Waals surface area contributed by atoms with E-state index in [-0.39, 0.29) is 16.9 Å². The lowest BCUT2D eigenvalue weighted by molar-refractivity contribution is -0.384. The number of hydrogen-bond acceptors (Lipinski definition) is 8. The van der Waals surface area contributed by atoms with Gasteiger partial charge in [-0.15, -0.1) is 0 Å². The van der Waals surface area contributed by atoms with Crippen molar-refractivity contribution in [3.05, 3.63) is 64.5 Å². The molecule has 30 heavy (non-hydrogen) atoms.